The van der Waals surface area contributed by atoms with Gasteiger partial charge in [-0.05, 0) is 61.4 Å². The molecule has 7 heteroatoms. The van der Waals surface area contributed by atoms with Gasteiger partial charge in [0.25, 0.3) is 5.56 Å². The van der Waals surface area contributed by atoms with Gasteiger partial charge in [0, 0.05) is 6.04 Å². The molecule has 1 saturated carbocycles. The molecule has 3 aromatic carbocycles. The van der Waals surface area contributed by atoms with Crippen molar-refractivity contribution in [2.24, 2.45) is 0 Å². The Labute approximate surface area is 214 Å². The molecule has 1 aromatic heterocycles. The first kappa shape index (κ1) is 24.1. The normalized spacial score (nSPS) is 14.3. The van der Waals surface area contributed by atoms with Crippen LogP contribution >= 0.6 is 11.8 Å². The lowest BCUT2D eigenvalue weighted by molar-refractivity contribution is -0.119. The molecule has 1 aliphatic carbocycles. The predicted molar refractivity (Wildman–Crippen MR) is 144 cm³/mol. The molecular weight excluding hydrogens is 470 g/mol. The molecular formula is C29H29N3O3S. The van der Waals surface area contributed by atoms with Gasteiger partial charge in [-0.3, -0.25) is 14.2 Å². The number of hydrogen-bond acceptors (Lipinski definition) is 5. The van der Waals surface area contributed by atoms with Gasteiger partial charge < -0.3 is 10.1 Å². The number of benzene rings is 3. The number of para-hydroxylation sites is 2. The average Bonchev–Trinajstić information content (AvgIpc) is 3.17. The Morgan fingerprint density at radius 3 is 2.31 bits per heavy atom. The van der Waals surface area contributed by atoms with Gasteiger partial charge in [0.15, 0.2) is 5.16 Å². The summed E-state index contributed by atoms with van der Waals surface area (Å²) in [6.07, 6.45) is 6.87. The first-order chi connectivity index (χ1) is 17.7. The van der Waals surface area contributed by atoms with E-state index in [0.29, 0.717) is 27.5 Å². The average molecular weight is 500 g/mol. The highest BCUT2D eigenvalue weighted by molar-refractivity contribution is 7.99. The zero-order chi connectivity index (χ0) is 24.7. The van der Waals surface area contributed by atoms with E-state index < -0.39 is 0 Å². The van der Waals surface area contributed by atoms with Crippen LogP contribution in [-0.4, -0.2) is 27.3 Å². The van der Waals surface area contributed by atoms with E-state index in [9.17, 15) is 9.59 Å². The van der Waals surface area contributed by atoms with Gasteiger partial charge in [-0.2, -0.15) is 0 Å². The largest absolute Gasteiger partial charge is 0.457 e. The fourth-order valence-electron chi connectivity index (χ4n) is 4.55. The molecule has 5 rings (SSSR count). The summed E-state index contributed by atoms with van der Waals surface area (Å²) in [5, 5.41) is 4.21. The van der Waals surface area contributed by atoms with Gasteiger partial charge in [0.05, 0.1) is 22.3 Å². The second-order valence-corrected chi connectivity index (χ2v) is 9.95. The molecule has 184 valence electrons. The van der Waals surface area contributed by atoms with E-state index in [1.54, 1.807) is 10.6 Å². The topological polar surface area (TPSA) is 73.2 Å². The first-order valence-electron chi connectivity index (χ1n) is 12.4. The van der Waals surface area contributed by atoms with Crippen molar-refractivity contribution in [1.82, 2.24) is 14.9 Å². The van der Waals surface area contributed by atoms with E-state index >= 15 is 0 Å². The predicted octanol–water partition coefficient (Wildman–Crippen LogP) is 6.11. The minimum Gasteiger partial charge on any atom is -0.457 e. The van der Waals surface area contributed by atoms with E-state index in [1.807, 2.05) is 72.8 Å². The summed E-state index contributed by atoms with van der Waals surface area (Å²) in [5.74, 6) is 1.60. The van der Waals surface area contributed by atoms with Gasteiger partial charge in [-0.1, -0.05) is 67.8 Å². The summed E-state index contributed by atoms with van der Waals surface area (Å²) in [7, 11) is 0. The number of carbonyl (C=O) groups excluding carboxylic acids is 1. The van der Waals surface area contributed by atoms with Gasteiger partial charge in [0.1, 0.15) is 11.5 Å². The minimum absolute atomic E-state index is 0.0209. The third-order valence-corrected chi connectivity index (χ3v) is 7.31. The Hall–Kier alpha value is -3.58. The van der Waals surface area contributed by atoms with Gasteiger partial charge >= 0.3 is 0 Å². The lowest BCUT2D eigenvalue weighted by Gasteiger charge is -2.17. The van der Waals surface area contributed by atoms with Gasteiger partial charge in [-0.25, -0.2) is 4.98 Å². The van der Waals surface area contributed by atoms with Crippen molar-refractivity contribution in [3.05, 3.63) is 89.2 Å². The molecule has 0 atom stereocenters. The highest BCUT2D eigenvalue weighted by atomic mass is 32.2. The van der Waals surface area contributed by atoms with Crippen molar-refractivity contribution >= 4 is 28.6 Å². The number of thioether (sulfide) groups is 1. The smallest absolute Gasteiger partial charge is 0.266 e. The van der Waals surface area contributed by atoms with Crippen LogP contribution in [0.3, 0.4) is 0 Å². The molecule has 0 saturated heterocycles. The molecule has 0 unspecified atom stereocenters. The molecule has 4 aromatic rings. The van der Waals surface area contributed by atoms with Crippen LogP contribution in [0.25, 0.3) is 16.6 Å². The summed E-state index contributed by atoms with van der Waals surface area (Å²) < 4.78 is 7.48. The maximum absolute atomic E-state index is 13.5. The molecule has 6 nitrogen and oxygen atoms in total. The number of aromatic nitrogens is 2. The fraction of sp³-hybridized carbons (Fsp3) is 0.276. The summed E-state index contributed by atoms with van der Waals surface area (Å²) in [4.78, 5) is 31.0. The standard InChI is InChI=1S/C29H29N3O3S/c33-27(30-21-10-4-1-2-5-11-21)20-36-29-31-26-15-9-8-14-25(26)28(34)32(29)22-16-18-24(19-17-22)35-23-12-6-3-7-13-23/h3,6-9,12-19,21H,1-2,4-5,10-11,20H2,(H,30,33). The van der Waals surface area contributed by atoms with E-state index in [0.717, 1.165) is 31.4 Å². The van der Waals surface area contributed by atoms with E-state index in [2.05, 4.69) is 5.32 Å². The van der Waals surface area contributed by atoms with E-state index in [4.69, 9.17) is 9.72 Å². The molecule has 36 heavy (non-hydrogen) atoms. The van der Waals surface area contributed by atoms with E-state index in [1.165, 1.54) is 24.6 Å². The Morgan fingerprint density at radius 1 is 0.889 bits per heavy atom. The number of amides is 1. The number of hydrogen-bond donors (Lipinski definition) is 1. The third kappa shape index (κ3) is 5.79. The minimum atomic E-state index is -0.163. The van der Waals surface area contributed by atoms with Crippen LogP contribution in [0.1, 0.15) is 38.5 Å². The van der Waals surface area contributed by atoms with Gasteiger partial charge in [0.2, 0.25) is 5.91 Å². The molecule has 0 spiro atoms. The molecule has 1 N–H and O–H groups in total. The van der Waals surface area contributed by atoms with Gasteiger partial charge in [-0.15, -0.1) is 0 Å². The summed E-state index contributed by atoms with van der Waals surface area (Å²) in [6.45, 7) is 0. The van der Waals surface area contributed by atoms with Crippen molar-refractivity contribution in [3.8, 4) is 17.2 Å². The van der Waals surface area contributed by atoms with Crippen LogP contribution in [0.4, 0.5) is 0 Å². The van der Waals surface area contributed by atoms with Crippen molar-refractivity contribution in [2.75, 3.05) is 5.75 Å². The number of rotatable bonds is 7. The Balaban J connectivity index is 1.39. The number of nitrogens with zero attached hydrogens (tertiary/aromatic N) is 2. The lowest BCUT2D eigenvalue weighted by atomic mass is 10.1. The maximum Gasteiger partial charge on any atom is 0.266 e. The number of nitrogens with one attached hydrogen (secondary N) is 1. The maximum atomic E-state index is 13.5. The second kappa shape index (κ2) is 11.4. The van der Waals surface area contributed by atoms with Crippen LogP contribution in [0.15, 0.2) is 88.8 Å². The van der Waals surface area contributed by atoms with Crippen molar-refractivity contribution in [3.63, 3.8) is 0 Å². The third-order valence-electron chi connectivity index (χ3n) is 6.37. The highest BCUT2D eigenvalue weighted by Crippen LogP contribution is 2.25. The second-order valence-electron chi connectivity index (χ2n) is 9.01. The van der Waals surface area contributed by atoms with Crippen LogP contribution in [0.5, 0.6) is 11.5 Å². The SMILES string of the molecule is O=C(CSc1nc2ccccc2c(=O)n1-c1ccc(Oc2ccccc2)cc1)NC1CCCCCC1. The molecule has 1 amide bonds. The monoisotopic (exact) mass is 499 g/mol. The van der Waals surface area contributed by atoms with Crippen LogP contribution in [-0.2, 0) is 4.79 Å². The molecule has 1 aliphatic rings. The van der Waals surface area contributed by atoms with Crippen LogP contribution < -0.4 is 15.6 Å². The number of ether oxygens (including phenoxy) is 1. The molecule has 0 radical (unpaired) electrons. The number of fused-ring (bicyclic) bond motifs is 1. The molecule has 0 bridgehead atoms. The summed E-state index contributed by atoms with van der Waals surface area (Å²) in [5.41, 5.74) is 1.13. The Kier molecular flexibility index (Phi) is 7.67. The van der Waals surface area contributed by atoms with Crippen LogP contribution in [0.2, 0.25) is 0 Å². The Bertz CT molecular complexity index is 1380. The Morgan fingerprint density at radius 2 is 1.56 bits per heavy atom. The molecule has 0 aliphatic heterocycles. The zero-order valence-electron chi connectivity index (χ0n) is 20.1. The fourth-order valence-corrected chi connectivity index (χ4v) is 5.37. The summed E-state index contributed by atoms with van der Waals surface area (Å²) in [6, 6.07) is 24.4. The summed E-state index contributed by atoms with van der Waals surface area (Å²) >= 11 is 1.29. The molecule has 1 fully saturated rings. The van der Waals surface area contributed by atoms with Crippen molar-refractivity contribution < 1.29 is 9.53 Å². The van der Waals surface area contributed by atoms with Crippen molar-refractivity contribution in [2.45, 2.75) is 49.7 Å². The number of carbonyl (C=O) groups is 1. The van der Waals surface area contributed by atoms with Crippen LogP contribution in [0, 0.1) is 0 Å². The molecule has 1 heterocycles. The lowest BCUT2D eigenvalue weighted by Crippen LogP contribution is -2.35. The quantitative estimate of drug-likeness (QED) is 0.189. The highest BCUT2D eigenvalue weighted by Gasteiger charge is 2.18. The van der Waals surface area contributed by atoms with Crippen molar-refractivity contribution in [1.29, 1.82) is 0 Å². The van der Waals surface area contributed by atoms with E-state index in [-0.39, 0.29) is 23.3 Å². The zero-order valence-corrected chi connectivity index (χ0v) is 20.9. The first-order valence-corrected chi connectivity index (χ1v) is 13.4.